The molecule has 1 saturated carbocycles. The van der Waals surface area contributed by atoms with Crippen LogP contribution in [-0.4, -0.2) is 60.1 Å². The second-order valence-electron chi connectivity index (χ2n) is 9.19. The zero-order valence-corrected chi connectivity index (χ0v) is 17.4. The summed E-state index contributed by atoms with van der Waals surface area (Å²) in [5, 5.41) is 1.05. The molecule has 3 fully saturated rings. The van der Waals surface area contributed by atoms with Gasteiger partial charge in [-0.3, -0.25) is 9.69 Å². The number of carbonyl (C=O) groups excluding carboxylic acids is 1. The number of nitrogens with zero attached hydrogens (tertiary/aromatic N) is 2. The number of likely N-dealkylation sites (tertiary alicyclic amines) is 1. The van der Waals surface area contributed by atoms with Gasteiger partial charge in [0.2, 0.25) is 5.91 Å². The maximum absolute atomic E-state index is 13.3. The zero-order valence-electron chi connectivity index (χ0n) is 17.4. The molecule has 5 rings (SSSR count). The van der Waals surface area contributed by atoms with Crippen LogP contribution >= 0.6 is 0 Å². The highest BCUT2D eigenvalue weighted by molar-refractivity contribution is 5.87. The Morgan fingerprint density at radius 1 is 1.21 bits per heavy atom. The van der Waals surface area contributed by atoms with Crippen LogP contribution in [-0.2, 0) is 16.0 Å². The fourth-order valence-electron chi connectivity index (χ4n) is 5.92. The first kappa shape index (κ1) is 19.1. The number of furan rings is 1. The first-order valence-corrected chi connectivity index (χ1v) is 11.2. The van der Waals surface area contributed by atoms with E-state index in [-0.39, 0.29) is 17.6 Å². The van der Waals surface area contributed by atoms with Gasteiger partial charge in [-0.15, -0.1) is 0 Å². The molecular weight excluding hydrogens is 364 g/mol. The van der Waals surface area contributed by atoms with Crippen LogP contribution in [0, 0.1) is 0 Å². The van der Waals surface area contributed by atoms with Crippen molar-refractivity contribution in [3.63, 3.8) is 0 Å². The van der Waals surface area contributed by atoms with Crippen LogP contribution < -0.4 is 0 Å². The van der Waals surface area contributed by atoms with Crippen molar-refractivity contribution in [3.8, 4) is 0 Å². The highest BCUT2D eigenvalue weighted by Gasteiger charge is 2.47. The van der Waals surface area contributed by atoms with Crippen LogP contribution in [0.4, 0.5) is 0 Å². The number of amides is 1. The van der Waals surface area contributed by atoms with Gasteiger partial charge in [0, 0.05) is 31.1 Å². The Hall–Kier alpha value is -1.85. The van der Waals surface area contributed by atoms with E-state index in [1.165, 1.54) is 25.7 Å². The maximum atomic E-state index is 13.3. The third-order valence-corrected chi connectivity index (χ3v) is 7.53. The molecule has 2 aliphatic heterocycles. The third-order valence-electron chi connectivity index (χ3n) is 7.53. The number of hydrogen-bond acceptors (Lipinski definition) is 4. The normalized spacial score (nSPS) is 30.4. The molecule has 1 aromatic heterocycles. The smallest absolute Gasteiger partial charge is 0.227 e. The van der Waals surface area contributed by atoms with Crippen LogP contribution in [0.1, 0.15) is 50.5 Å². The minimum absolute atomic E-state index is 0.0655. The molecule has 3 atom stereocenters. The van der Waals surface area contributed by atoms with Crippen molar-refractivity contribution < 1.29 is 13.9 Å². The van der Waals surface area contributed by atoms with Crippen molar-refractivity contribution in [2.24, 2.45) is 0 Å². The lowest BCUT2D eigenvalue weighted by Crippen LogP contribution is -2.58. The highest BCUT2D eigenvalue weighted by atomic mass is 16.5. The van der Waals surface area contributed by atoms with E-state index in [0.717, 1.165) is 55.5 Å². The Morgan fingerprint density at radius 3 is 2.86 bits per heavy atom. The van der Waals surface area contributed by atoms with Gasteiger partial charge in [0.05, 0.1) is 18.3 Å². The summed E-state index contributed by atoms with van der Waals surface area (Å²) in [4.78, 5) is 18.0. The monoisotopic (exact) mass is 396 g/mol. The van der Waals surface area contributed by atoms with Crippen LogP contribution in [0.3, 0.4) is 0 Å². The molecule has 1 aromatic carbocycles. The molecule has 0 N–H and O–H groups in total. The number of fused-ring (bicyclic) bond motifs is 1. The van der Waals surface area contributed by atoms with Crippen molar-refractivity contribution in [1.82, 2.24) is 9.80 Å². The maximum Gasteiger partial charge on any atom is 0.227 e. The summed E-state index contributed by atoms with van der Waals surface area (Å²) in [5.41, 5.74) is 1.97. The van der Waals surface area contributed by atoms with Crippen molar-refractivity contribution in [2.75, 3.05) is 26.7 Å². The molecule has 0 bridgehead atoms. The molecule has 1 amide bonds. The van der Waals surface area contributed by atoms with E-state index in [0.29, 0.717) is 12.5 Å². The van der Waals surface area contributed by atoms with Gasteiger partial charge in [0.15, 0.2) is 0 Å². The summed E-state index contributed by atoms with van der Waals surface area (Å²) in [7, 11) is 2.01. The van der Waals surface area contributed by atoms with E-state index < -0.39 is 0 Å². The average Bonchev–Trinajstić information content (AvgIpc) is 3.49. The van der Waals surface area contributed by atoms with Crippen molar-refractivity contribution >= 4 is 16.9 Å². The summed E-state index contributed by atoms with van der Waals surface area (Å²) >= 11 is 0. The summed E-state index contributed by atoms with van der Waals surface area (Å²) in [6.07, 6.45) is 10.2. The zero-order chi connectivity index (χ0) is 19.8. The van der Waals surface area contributed by atoms with E-state index in [2.05, 4.69) is 4.90 Å². The van der Waals surface area contributed by atoms with Crippen LogP contribution in [0.15, 0.2) is 34.9 Å². The molecule has 5 nitrogen and oxygen atoms in total. The van der Waals surface area contributed by atoms with E-state index in [1.54, 1.807) is 6.26 Å². The lowest BCUT2D eigenvalue weighted by atomic mass is 9.76. The molecule has 2 aromatic rings. The minimum atomic E-state index is 0.0655. The summed E-state index contributed by atoms with van der Waals surface area (Å²) in [6, 6.07) is 8.64. The van der Waals surface area contributed by atoms with Crippen molar-refractivity contribution in [2.45, 2.75) is 69.1 Å². The third kappa shape index (κ3) is 3.59. The van der Waals surface area contributed by atoms with Gasteiger partial charge in [-0.1, -0.05) is 12.1 Å². The Morgan fingerprint density at radius 2 is 2.07 bits per heavy atom. The summed E-state index contributed by atoms with van der Waals surface area (Å²) in [6.45, 7) is 3.22. The molecule has 5 heteroatoms. The molecule has 1 spiro atoms. The van der Waals surface area contributed by atoms with Gasteiger partial charge in [0.25, 0.3) is 0 Å². The van der Waals surface area contributed by atoms with Crippen molar-refractivity contribution in [1.29, 1.82) is 0 Å². The van der Waals surface area contributed by atoms with Gasteiger partial charge in [-0.05, 0) is 75.7 Å². The lowest BCUT2D eigenvalue weighted by Gasteiger charge is -2.48. The molecule has 3 aliphatic rings. The van der Waals surface area contributed by atoms with Gasteiger partial charge in [-0.2, -0.15) is 0 Å². The Bertz CT molecular complexity index is 864. The van der Waals surface area contributed by atoms with E-state index in [4.69, 9.17) is 9.15 Å². The van der Waals surface area contributed by atoms with E-state index >= 15 is 0 Å². The topological polar surface area (TPSA) is 45.9 Å². The predicted octanol–water partition coefficient (Wildman–Crippen LogP) is 4.00. The van der Waals surface area contributed by atoms with Gasteiger partial charge < -0.3 is 14.1 Å². The number of carbonyl (C=O) groups is 1. The van der Waals surface area contributed by atoms with E-state index in [9.17, 15) is 4.79 Å². The largest absolute Gasteiger partial charge is 0.464 e. The lowest BCUT2D eigenvalue weighted by molar-refractivity contribution is -0.136. The molecule has 29 heavy (non-hydrogen) atoms. The minimum Gasteiger partial charge on any atom is -0.464 e. The average molecular weight is 397 g/mol. The molecule has 3 heterocycles. The number of hydrogen-bond donors (Lipinski definition) is 0. The Balaban J connectivity index is 1.34. The van der Waals surface area contributed by atoms with Gasteiger partial charge in [0.1, 0.15) is 5.58 Å². The predicted molar refractivity (Wildman–Crippen MR) is 113 cm³/mol. The molecule has 0 unspecified atom stereocenters. The number of benzene rings is 1. The number of rotatable bonds is 4. The van der Waals surface area contributed by atoms with Crippen LogP contribution in [0.5, 0.6) is 0 Å². The molecule has 156 valence electrons. The summed E-state index contributed by atoms with van der Waals surface area (Å²) < 4.78 is 11.8. The quantitative estimate of drug-likeness (QED) is 0.784. The molecule has 2 saturated heterocycles. The molecular formula is C24H32N2O3. The first-order valence-electron chi connectivity index (χ1n) is 11.2. The Labute approximate surface area is 173 Å². The van der Waals surface area contributed by atoms with Gasteiger partial charge in [-0.25, -0.2) is 0 Å². The van der Waals surface area contributed by atoms with E-state index in [1.807, 2.05) is 36.2 Å². The number of ether oxygens (including phenoxy) is 1. The number of likely N-dealkylation sites (N-methyl/N-ethyl adjacent to an activating group) is 1. The standard InChI is InChI=1S/C24H32N2O3/c1-25(23(27)16-18-6-4-7-22-19(18)9-15-28-22)20-8-11-24(10-5-14-29-24)17-21(20)26-12-2-3-13-26/h4,6-7,9,15,20-21H,2-3,5,8,10-14,16-17H2,1H3/t20-,21+,24+/m1/s1. The van der Waals surface area contributed by atoms with Crippen molar-refractivity contribution in [3.05, 3.63) is 36.1 Å². The second kappa shape index (κ2) is 7.77. The fourth-order valence-corrected chi connectivity index (χ4v) is 5.92. The molecule has 1 aliphatic carbocycles. The molecule has 0 radical (unpaired) electrons. The highest BCUT2D eigenvalue weighted by Crippen LogP contribution is 2.43. The van der Waals surface area contributed by atoms with Gasteiger partial charge >= 0.3 is 0 Å². The summed E-state index contributed by atoms with van der Waals surface area (Å²) in [5.74, 6) is 0.205. The van der Waals surface area contributed by atoms with Crippen LogP contribution in [0.2, 0.25) is 0 Å². The SMILES string of the molecule is CN(C(=O)Cc1cccc2occc12)[C@@H]1CC[C@@]2(CCCO2)C[C@@H]1N1CCCC1. The Kier molecular flexibility index (Phi) is 5.12. The van der Waals surface area contributed by atoms with Crippen LogP contribution in [0.25, 0.3) is 11.0 Å². The fraction of sp³-hybridized carbons (Fsp3) is 0.625. The first-order chi connectivity index (χ1) is 14.2. The second-order valence-corrected chi connectivity index (χ2v) is 9.19.